The highest BCUT2D eigenvalue weighted by atomic mass is 19.1. The highest BCUT2D eigenvalue weighted by Crippen LogP contribution is 2.07. The molecule has 1 aliphatic heterocycles. The molecule has 0 aromatic carbocycles. The number of piperidine rings is 1. The standard InChI is InChI=1S/C12H18FN3O/c13-10-1-2-12(16-9-10)15-7-8-17-11-3-5-14-6-4-11/h1-2,9,11,14H,3-8H2,(H,15,16). The molecule has 1 aromatic rings. The van der Waals surface area contributed by atoms with Crippen LogP contribution < -0.4 is 10.6 Å². The van der Waals surface area contributed by atoms with Crippen LogP contribution in [0.15, 0.2) is 18.3 Å². The Morgan fingerprint density at radius 3 is 2.94 bits per heavy atom. The molecular formula is C12H18FN3O. The number of ether oxygens (including phenoxy) is 1. The molecule has 0 unspecified atom stereocenters. The molecule has 1 saturated heterocycles. The van der Waals surface area contributed by atoms with Crippen molar-refractivity contribution >= 4 is 5.82 Å². The zero-order valence-corrected chi connectivity index (χ0v) is 9.79. The first kappa shape index (κ1) is 12.3. The summed E-state index contributed by atoms with van der Waals surface area (Å²) < 4.78 is 18.3. The van der Waals surface area contributed by atoms with Gasteiger partial charge in [-0.2, -0.15) is 0 Å². The number of anilines is 1. The van der Waals surface area contributed by atoms with Crippen molar-refractivity contribution in [1.82, 2.24) is 10.3 Å². The monoisotopic (exact) mass is 239 g/mol. The largest absolute Gasteiger partial charge is 0.376 e. The summed E-state index contributed by atoms with van der Waals surface area (Å²) in [5.41, 5.74) is 0. The number of aromatic nitrogens is 1. The van der Waals surface area contributed by atoms with E-state index in [1.807, 2.05) is 0 Å². The van der Waals surface area contributed by atoms with Gasteiger partial charge in [0.15, 0.2) is 0 Å². The summed E-state index contributed by atoms with van der Waals surface area (Å²) in [4.78, 5) is 3.91. The topological polar surface area (TPSA) is 46.2 Å². The quantitative estimate of drug-likeness (QED) is 0.762. The minimum atomic E-state index is -0.318. The molecule has 0 amide bonds. The molecule has 2 heterocycles. The van der Waals surface area contributed by atoms with E-state index >= 15 is 0 Å². The SMILES string of the molecule is Fc1ccc(NCCOC2CCNCC2)nc1. The van der Waals surface area contributed by atoms with Crippen LogP contribution in [0.2, 0.25) is 0 Å². The van der Waals surface area contributed by atoms with Gasteiger partial charge in [-0.25, -0.2) is 9.37 Å². The number of pyridine rings is 1. The molecule has 2 N–H and O–H groups in total. The van der Waals surface area contributed by atoms with E-state index in [2.05, 4.69) is 15.6 Å². The molecule has 1 aromatic heterocycles. The first-order valence-electron chi connectivity index (χ1n) is 6.02. The van der Waals surface area contributed by atoms with Crippen molar-refractivity contribution in [3.8, 4) is 0 Å². The second-order valence-electron chi connectivity index (χ2n) is 4.11. The van der Waals surface area contributed by atoms with Crippen LogP contribution >= 0.6 is 0 Å². The van der Waals surface area contributed by atoms with Crippen LogP contribution in [0.1, 0.15) is 12.8 Å². The van der Waals surface area contributed by atoms with Crippen LogP contribution in [0.5, 0.6) is 0 Å². The maximum Gasteiger partial charge on any atom is 0.141 e. The number of halogens is 1. The van der Waals surface area contributed by atoms with E-state index in [-0.39, 0.29) is 5.82 Å². The normalized spacial score (nSPS) is 17.0. The van der Waals surface area contributed by atoms with E-state index in [4.69, 9.17) is 4.74 Å². The Bertz CT molecular complexity index is 325. The summed E-state index contributed by atoms with van der Waals surface area (Å²) in [5, 5.41) is 6.39. The third-order valence-electron chi connectivity index (χ3n) is 2.78. The summed E-state index contributed by atoms with van der Waals surface area (Å²) >= 11 is 0. The molecular weight excluding hydrogens is 221 g/mol. The van der Waals surface area contributed by atoms with Crippen LogP contribution in [-0.4, -0.2) is 37.3 Å². The summed E-state index contributed by atoms with van der Waals surface area (Å²) in [6, 6.07) is 3.02. The van der Waals surface area contributed by atoms with Gasteiger partial charge in [-0.1, -0.05) is 0 Å². The Morgan fingerprint density at radius 2 is 2.24 bits per heavy atom. The van der Waals surface area contributed by atoms with Gasteiger partial charge in [-0.3, -0.25) is 0 Å². The summed E-state index contributed by atoms with van der Waals surface area (Å²) in [5.74, 6) is 0.363. The lowest BCUT2D eigenvalue weighted by molar-refractivity contribution is 0.0394. The Hall–Kier alpha value is -1.20. The summed E-state index contributed by atoms with van der Waals surface area (Å²) in [7, 11) is 0. The number of nitrogens with zero attached hydrogens (tertiary/aromatic N) is 1. The van der Waals surface area contributed by atoms with Gasteiger partial charge in [0.05, 0.1) is 18.9 Å². The van der Waals surface area contributed by atoms with Gasteiger partial charge in [0, 0.05) is 6.54 Å². The predicted molar refractivity (Wildman–Crippen MR) is 64.5 cm³/mol. The van der Waals surface area contributed by atoms with Crippen molar-refractivity contribution in [2.75, 3.05) is 31.6 Å². The van der Waals surface area contributed by atoms with Gasteiger partial charge < -0.3 is 15.4 Å². The number of hydrogen-bond acceptors (Lipinski definition) is 4. The molecule has 1 aliphatic rings. The maximum atomic E-state index is 12.6. The zero-order chi connectivity index (χ0) is 11.9. The molecule has 2 rings (SSSR count). The Labute approximate surface area is 101 Å². The predicted octanol–water partition coefficient (Wildman–Crippen LogP) is 1.40. The molecule has 0 radical (unpaired) electrons. The molecule has 17 heavy (non-hydrogen) atoms. The fourth-order valence-corrected chi connectivity index (χ4v) is 1.85. The highest BCUT2D eigenvalue weighted by Gasteiger charge is 2.12. The molecule has 0 spiro atoms. The molecule has 1 fully saturated rings. The van der Waals surface area contributed by atoms with Crippen molar-refractivity contribution in [2.24, 2.45) is 0 Å². The lowest BCUT2D eigenvalue weighted by atomic mass is 10.1. The van der Waals surface area contributed by atoms with Crippen molar-refractivity contribution in [2.45, 2.75) is 18.9 Å². The van der Waals surface area contributed by atoms with Crippen LogP contribution in [0, 0.1) is 5.82 Å². The van der Waals surface area contributed by atoms with Crippen LogP contribution in [0.4, 0.5) is 10.2 Å². The average Bonchev–Trinajstić information content (AvgIpc) is 2.38. The van der Waals surface area contributed by atoms with Gasteiger partial charge in [0.2, 0.25) is 0 Å². The van der Waals surface area contributed by atoms with Crippen LogP contribution in [-0.2, 0) is 4.74 Å². The van der Waals surface area contributed by atoms with E-state index < -0.39 is 0 Å². The van der Waals surface area contributed by atoms with E-state index in [0.29, 0.717) is 25.1 Å². The Morgan fingerprint density at radius 1 is 1.41 bits per heavy atom. The molecule has 5 heteroatoms. The molecule has 0 atom stereocenters. The number of rotatable bonds is 5. The highest BCUT2D eigenvalue weighted by molar-refractivity contribution is 5.33. The first-order valence-corrected chi connectivity index (χ1v) is 6.02. The van der Waals surface area contributed by atoms with Crippen molar-refractivity contribution in [1.29, 1.82) is 0 Å². The number of nitrogens with one attached hydrogen (secondary N) is 2. The lowest BCUT2D eigenvalue weighted by Crippen LogP contribution is -2.33. The van der Waals surface area contributed by atoms with Gasteiger partial charge in [-0.15, -0.1) is 0 Å². The fraction of sp³-hybridized carbons (Fsp3) is 0.583. The van der Waals surface area contributed by atoms with Gasteiger partial charge in [0.25, 0.3) is 0 Å². The van der Waals surface area contributed by atoms with Gasteiger partial charge >= 0.3 is 0 Å². The van der Waals surface area contributed by atoms with E-state index in [9.17, 15) is 4.39 Å². The third-order valence-corrected chi connectivity index (χ3v) is 2.78. The van der Waals surface area contributed by atoms with Crippen molar-refractivity contribution in [3.05, 3.63) is 24.1 Å². The van der Waals surface area contributed by atoms with E-state index in [1.165, 1.54) is 12.3 Å². The lowest BCUT2D eigenvalue weighted by Gasteiger charge is -2.22. The van der Waals surface area contributed by atoms with E-state index in [1.54, 1.807) is 6.07 Å². The minimum absolute atomic E-state index is 0.318. The third kappa shape index (κ3) is 4.28. The zero-order valence-electron chi connectivity index (χ0n) is 9.79. The molecule has 0 bridgehead atoms. The summed E-state index contributed by atoms with van der Waals surface area (Å²) in [6.45, 7) is 3.43. The van der Waals surface area contributed by atoms with Gasteiger partial charge in [-0.05, 0) is 38.1 Å². The van der Waals surface area contributed by atoms with Crippen molar-refractivity contribution in [3.63, 3.8) is 0 Å². The minimum Gasteiger partial charge on any atom is -0.376 e. The molecule has 0 saturated carbocycles. The maximum absolute atomic E-state index is 12.6. The summed E-state index contributed by atoms with van der Waals surface area (Å²) in [6.07, 6.45) is 3.73. The smallest absolute Gasteiger partial charge is 0.141 e. The second-order valence-corrected chi connectivity index (χ2v) is 4.11. The van der Waals surface area contributed by atoms with Crippen molar-refractivity contribution < 1.29 is 9.13 Å². The first-order chi connectivity index (χ1) is 8.34. The molecule has 94 valence electrons. The Balaban J connectivity index is 1.60. The van der Waals surface area contributed by atoms with E-state index in [0.717, 1.165) is 25.9 Å². The van der Waals surface area contributed by atoms with Crippen LogP contribution in [0.25, 0.3) is 0 Å². The van der Waals surface area contributed by atoms with Gasteiger partial charge in [0.1, 0.15) is 11.6 Å². The molecule has 4 nitrogen and oxygen atoms in total. The average molecular weight is 239 g/mol. The Kier molecular flexibility index (Phi) is 4.70. The second kappa shape index (κ2) is 6.51. The fourth-order valence-electron chi connectivity index (χ4n) is 1.85. The molecule has 0 aliphatic carbocycles. The number of hydrogen-bond donors (Lipinski definition) is 2. The van der Waals surface area contributed by atoms with Crippen LogP contribution in [0.3, 0.4) is 0 Å².